The first kappa shape index (κ1) is 112. The number of anilines is 1. The van der Waals surface area contributed by atoms with E-state index in [9.17, 15) is 58.0 Å². The molecule has 5 aromatic rings. The van der Waals surface area contributed by atoms with Gasteiger partial charge in [0.1, 0.15) is 55.0 Å². The number of nitrogens with zero attached hydrogens (tertiary/aromatic N) is 1. The number of rotatable bonds is 64. The fourth-order valence-corrected chi connectivity index (χ4v) is 20.8. The number of likely N-dealkylation sites (N-methyl/N-ethyl adjacent to an activating group) is 1. The van der Waals surface area contributed by atoms with Crippen molar-refractivity contribution < 1.29 is 119 Å². The predicted molar refractivity (Wildman–Crippen MR) is 521 cm³/mol. The van der Waals surface area contributed by atoms with Crippen LogP contribution < -0.4 is 20.6 Å². The molecule has 2 amide bonds. The summed E-state index contributed by atoms with van der Waals surface area (Å²) >= 11 is 0. The van der Waals surface area contributed by atoms with E-state index in [-0.39, 0.29) is 72.5 Å². The molecule has 2 bridgehead atoms. The van der Waals surface area contributed by atoms with Gasteiger partial charge in [-0.1, -0.05) is 297 Å². The predicted octanol–water partition coefficient (Wildman–Crippen LogP) is 18.8. The van der Waals surface area contributed by atoms with Gasteiger partial charge in [0.05, 0.1) is 64.1 Å². The van der Waals surface area contributed by atoms with Gasteiger partial charge < -0.3 is 77.2 Å². The van der Waals surface area contributed by atoms with Crippen molar-refractivity contribution in [2.75, 3.05) is 52.8 Å². The highest BCUT2D eigenvalue weighted by atomic mass is 31.2. The Hall–Kier alpha value is -9.60. The zero-order valence-electron chi connectivity index (χ0n) is 83.2. The molecule has 4 aliphatic rings. The number of carbonyl (C=O) groups is 11. The number of carboxylic acid groups (broad SMARTS) is 1. The van der Waals surface area contributed by atoms with E-state index in [1.54, 1.807) is 78.9 Å². The van der Waals surface area contributed by atoms with Crippen molar-refractivity contribution in [3.63, 3.8) is 0 Å². The molecule has 1 heterocycles. The van der Waals surface area contributed by atoms with Crippen molar-refractivity contribution in [2.45, 2.75) is 365 Å². The van der Waals surface area contributed by atoms with Crippen molar-refractivity contribution in [2.24, 2.45) is 16.7 Å². The molecule has 2 saturated carbocycles. The number of unbranched alkanes of at least 4 members (excludes halogenated alkanes) is 30. The Morgan fingerprint density at radius 2 is 1.01 bits per heavy atom. The number of quaternary nitrogens is 1. The van der Waals surface area contributed by atoms with E-state index in [2.05, 4.69) is 10.6 Å². The maximum absolute atomic E-state index is 16.9. The summed E-state index contributed by atoms with van der Waals surface area (Å²) in [6.45, 7) is 8.54. The Balaban J connectivity index is 0.839. The van der Waals surface area contributed by atoms with Crippen LogP contribution in [0.5, 0.6) is 0 Å². The van der Waals surface area contributed by atoms with Crippen LogP contribution in [-0.2, 0) is 109 Å². The number of fused-ring (bicyclic) bond motifs is 5. The van der Waals surface area contributed by atoms with Gasteiger partial charge in [-0.2, -0.15) is 0 Å². The Kier molecular flexibility index (Phi) is 45.6. The number of carbonyl (C=O) groups excluding carboxylic acids is 11. The number of phosphoric ester groups is 1. The van der Waals surface area contributed by atoms with Gasteiger partial charge in [-0.3, -0.25) is 42.9 Å². The quantitative estimate of drug-likeness (QED) is 0.00812. The van der Waals surface area contributed by atoms with E-state index in [4.69, 9.17) is 42.2 Å². The van der Waals surface area contributed by atoms with Gasteiger partial charge >= 0.3 is 35.8 Å². The maximum Gasteiger partial charge on any atom is 0.350 e. The van der Waals surface area contributed by atoms with Crippen molar-refractivity contribution in [1.82, 2.24) is 5.32 Å². The molecule has 1 saturated heterocycles. The van der Waals surface area contributed by atoms with Gasteiger partial charge in [0.15, 0.2) is 17.5 Å². The van der Waals surface area contributed by atoms with Crippen LogP contribution in [0, 0.1) is 16.7 Å². The van der Waals surface area contributed by atoms with Gasteiger partial charge in [-0.05, 0) is 129 Å². The minimum absolute atomic E-state index is 0.00731. The van der Waals surface area contributed by atoms with Crippen LogP contribution in [0.2, 0.25) is 0 Å². The van der Waals surface area contributed by atoms with Crippen LogP contribution in [-0.4, -0.2) is 170 Å². The van der Waals surface area contributed by atoms with Gasteiger partial charge in [-0.25, -0.2) is 9.59 Å². The zero-order valence-corrected chi connectivity index (χ0v) is 84.1. The molecule has 9 rings (SSSR count). The molecule has 28 heteroatoms. The van der Waals surface area contributed by atoms with Crippen molar-refractivity contribution in [1.29, 1.82) is 0 Å². The molecular formula is C110H153N3O24P-. The molecule has 0 aromatic heterocycles. The minimum atomic E-state index is -4.25. The molecule has 3 unspecified atom stereocenters. The topological polar surface area (TPSA) is 378 Å². The lowest BCUT2D eigenvalue weighted by atomic mass is 9.44. The number of carboxylic acids is 1. The number of hydrogen-bond donors (Lipinski definition) is 3. The average molecular weight is 1930 g/mol. The zero-order chi connectivity index (χ0) is 99.7. The number of aliphatic hydroxyl groups is 1. The number of hydrogen-bond acceptors (Lipinski definition) is 24. The number of nitrogens with one attached hydrogen (secondary N) is 2. The second-order valence-corrected chi connectivity index (χ2v) is 41.5. The largest absolute Gasteiger partial charge is 0.756 e. The summed E-state index contributed by atoms with van der Waals surface area (Å²) in [5, 5.41) is 31.0. The second-order valence-electron chi connectivity index (χ2n) is 40.1. The van der Waals surface area contributed by atoms with Crippen LogP contribution in [0.1, 0.15) is 341 Å². The molecule has 758 valence electrons. The highest BCUT2D eigenvalue weighted by molar-refractivity contribution is 7.45. The van der Waals surface area contributed by atoms with E-state index in [1.807, 2.05) is 57.5 Å². The first-order valence-electron chi connectivity index (χ1n) is 50.9. The molecule has 12 atom stereocenters. The normalized spacial score (nSPS) is 21.2. The number of phosphoric acid groups is 1. The molecule has 0 radical (unpaired) electrons. The number of ketones is 2. The standard InChI is InChI=1S/C110H154N3O24P/c1-79-90(133-106(125)100(98(85-53-43-38-44-54-85)112-104(123)86-55-45-39-46-56-86)135-96(121)71-69-93(117)111-88-66-64-83(65-67-88)52-42-35-31-27-23-19-14-10-11-16-20-24-28-32-36-49-59-94(118)119)77-110(126)103(136-105(124)87-57-47-40-48-58-87)101-108(6,102(122)99(132-80(2)114)97(79)107(110,4)5)91(76-92-109(101,78-129-92)137-81(3)115)134-95(120)70-68-89(116)75-84-62-60-82(61-63-84)51-41-34-30-26-22-18-15-12-13-17-21-25-29-33-37-50-73-130-138(127,128)131-74-72-113(7,8)9/h38-40,43-48,53-58,60-67,90-92,98-101,103,126H,10-37,41-42,49-52,59,68-78H2,1-9H3,(H3-,111,112,117,118,119,123,127,128)/p-1/t90-,91?,92+,98-,99+,100+,101-,103-,108?,109-,110+/m0/s1. The summed E-state index contributed by atoms with van der Waals surface area (Å²) in [4.78, 5) is 170. The first-order valence-corrected chi connectivity index (χ1v) is 52.3. The number of amides is 2. The Morgan fingerprint density at radius 3 is 1.50 bits per heavy atom. The number of aliphatic carboxylic acids is 1. The SMILES string of the molecule is CC(=O)O[C@H]1C(=O)C2(C)C(OC(=O)CCC(=O)Cc3ccc(CCCCCCCCCCCCCCCCCCOP(=O)([O-])OCC[N+](C)(C)C)cc3)C[C@H]3OC[C@@]3(OC(C)=O)[C@H]2[C@H](OC(=O)c2ccccc2)[C@]2(O)C[C@H](OC(=O)[C@H](OC(=O)CCC(=O)Nc3ccc(CCCCCCCCCCCCCCCCCCC(=O)[O-])cc3)[C@@H](NC(=O)c3ccccc3)c3ccccc3)C(C)=C1C2(C)C. The van der Waals surface area contributed by atoms with Crippen molar-refractivity contribution in [3.8, 4) is 0 Å². The molecule has 0 spiro atoms. The van der Waals surface area contributed by atoms with Crippen LogP contribution >= 0.6 is 7.82 Å². The summed E-state index contributed by atoms with van der Waals surface area (Å²) in [6, 6.07) is 37.7. The molecule has 3 aliphatic carbocycles. The third-order valence-electron chi connectivity index (χ3n) is 28.0. The molecule has 27 nitrogen and oxygen atoms in total. The lowest BCUT2D eigenvalue weighted by molar-refractivity contribution is -0.870. The second kappa shape index (κ2) is 56.1. The summed E-state index contributed by atoms with van der Waals surface area (Å²) in [5.74, 6) is -11.4. The fourth-order valence-electron chi connectivity index (χ4n) is 20.0. The number of esters is 6. The summed E-state index contributed by atoms with van der Waals surface area (Å²) in [7, 11) is 1.66. The summed E-state index contributed by atoms with van der Waals surface area (Å²) in [5.41, 5.74) is -5.04. The molecule has 5 aromatic carbocycles. The van der Waals surface area contributed by atoms with Gasteiger partial charge in [-0.15, -0.1) is 0 Å². The molecule has 1 aliphatic heterocycles. The van der Waals surface area contributed by atoms with E-state index < -0.39 is 170 Å². The third kappa shape index (κ3) is 34.7. The highest BCUT2D eigenvalue weighted by Crippen LogP contribution is 2.65. The maximum atomic E-state index is 16.9. The van der Waals surface area contributed by atoms with Crippen molar-refractivity contribution >= 4 is 78.7 Å². The summed E-state index contributed by atoms with van der Waals surface area (Å²) in [6.07, 6.45) is 24.7. The van der Waals surface area contributed by atoms with E-state index >= 15 is 14.4 Å². The Morgan fingerprint density at radius 1 is 0.536 bits per heavy atom. The Bertz CT molecular complexity index is 4790. The minimum Gasteiger partial charge on any atom is -0.756 e. The van der Waals surface area contributed by atoms with Gasteiger partial charge in [0.25, 0.3) is 13.7 Å². The monoisotopic (exact) mass is 1930 g/mol. The highest BCUT2D eigenvalue weighted by Gasteiger charge is 2.79. The molecule has 3 fully saturated rings. The number of Topliss-reactive ketones (excluding diaryl/α,β-unsaturated/α-hetero) is 2. The smallest absolute Gasteiger partial charge is 0.350 e. The fraction of sp³-hybridized carbons (Fsp3) is 0.609. The number of ether oxygens (including phenoxy) is 7. The molecule has 3 N–H and O–H groups in total. The van der Waals surface area contributed by atoms with E-state index in [1.165, 1.54) is 168 Å². The number of aryl methyl sites for hydroxylation is 2. The van der Waals surface area contributed by atoms with Crippen LogP contribution in [0.15, 0.2) is 151 Å². The molecule has 138 heavy (non-hydrogen) atoms. The number of benzene rings is 5. The first-order chi connectivity index (χ1) is 66.0. The third-order valence-corrected chi connectivity index (χ3v) is 29.0. The average Bonchev–Trinajstić information content (AvgIpc) is 0.665. The van der Waals surface area contributed by atoms with Gasteiger partial charge in [0, 0.05) is 68.6 Å². The molecular weight excluding hydrogens is 1780 g/mol. The van der Waals surface area contributed by atoms with E-state index in [0.717, 1.165) is 120 Å². The van der Waals surface area contributed by atoms with Crippen LogP contribution in [0.25, 0.3) is 0 Å². The lowest BCUT2D eigenvalue weighted by Gasteiger charge is -2.67. The van der Waals surface area contributed by atoms with Crippen LogP contribution in [0.3, 0.4) is 0 Å². The summed E-state index contributed by atoms with van der Waals surface area (Å²) < 4.78 is 67.5. The van der Waals surface area contributed by atoms with Gasteiger partial charge in [0.2, 0.25) is 12.0 Å². The lowest BCUT2D eigenvalue weighted by Crippen LogP contribution is -2.82. The Labute approximate surface area is 817 Å². The van der Waals surface area contributed by atoms with E-state index in [0.29, 0.717) is 29.6 Å². The van der Waals surface area contributed by atoms with Crippen LogP contribution in [0.4, 0.5) is 5.69 Å². The van der Waals surface area contributed by atoms with Crippen molar-refractivity contribution in [3.05, 3.63) is 184 Å².